The van der Waals surface area contributed by atoms with Crippen LogP contribution in [0.3, 0.4) is 0 Å². The minimum absolute atomic E-state index is 0.0000217. The molecule has 18 heavy (non-hydrogen) atoms. The molecule has 100 valence electrons. The van der Waals surface area contributed by atoms with E-state index in [-0.39, 0.29) is 11.8 Å². The monoisotopic (exact) mass is 268 g/mol. The Morgan fingerprint density at radius 3 is 2.78 bits per heavy atom. The van der Waals surface area contributed by atoms with Crippen LogP contribution < -0.4 is 10.2 Å². The van der Waals surface area contributed by atoms with Crippen LogP contribution >= 0.6 is 0 Å². The lowest BCUT2D eigenvalue weighted by atomic mass is 10.1. The standard InChI is InChI=1S/C13H20N2O2S/c1-4-10-5-6-12-13(7-10)18(16,17)9-11(8-14-2)15(12)3/h5-7,11,14H,4,8-9H2,1-3H3. The van der Waals surface area contributed by atoms with Gasteiger partial charge < -0.3 is 10.2 Å². The van der Waals surface area contributed by atoms with Crippen molar-refractivity contribution in [3.8, 4) is 0 Å². The maximum Gasteiger partial charge on any atom is 0.182 e. The Hall–Kier alpha value is -1.07. The summed E-state index contributed by atoms with van der Waals surface area (Å²) in [6.07, 6.45) is 0.854. The fourth-order valence-corrected chi connectivity index (χ4v) is 4.29. The molecule has 1 atom stereocenters. The summed E-state index contributed by atoms with van der Waals surface area (Å²) >= 11 is 0. The number of rotatable bonds is 3. The van der Waals surface area contributed by atoms with Crippen molar-refractivity contribution >= 4 is 15.5 Å². The lowest BCUT2D eigenvalue weighted by Gasteiger charge is -2.35. The van der Waals surface area contributed by atoms with Crippen molar-refractivity contribution in [2.75, 3.05) is 31.3 Å². The van der Waals surface area contributed by atoms with Crippen molar-refractivity contribution in [2.45, 2.75) is 24.3 Å². The summed E-state index contributed by atoms with van der Waals surface area (Å²) < 4.78 is 24.6. The summed E-state index contributed by atoms with van der Waals surface area (Å²) in [4.78, 5) is 2.54. The molecule has 0 aromatic heterocycles. The van der Waals surface area contributed by atoms with Crippen LogP contribution in [-0.2, 0) is 16.3 Å². The second-order valence-electron chi connectivity index (χ2n) is 4.76. The Morgan fingerprint density at radius 2 is 2.17 bits per heavy atom. The van der Waals surface area contributed by atoms with Crippen molar-refractivity contribution < 1.29 is 8.42 Å². The van der Waals surface area contributed by atoms with Crippen LogP contribution in [0.4, 0.5) is 5.69 Å². The maximum absolute atomic E-state index is 12.3. The van der Waals surface area contributed by atoms with Gasteiger partial charge in [0.05, 0.1) is 22.4 Å². The number of fused-ring (bicyclic) bond motifs is 1. The summed E-state index contributed by atoms with van der Waals surface area (Å²) in [6.45, 7) is 2.70. The van der Waals surface area contributed by atoms with Gasteiger partial charge in [-0.15, -0.1) is 0 Å². The van der Waals surface area contributed by atoms with Gasteiger partial charge >= 0.3 is 0 Å². The van der Waals surface area contributed by atoms with Crippen LogP contribution in [0.1, 0.15) is 12.5 Å². The number of sulfone groups is 1. The molecule has 1 heterocycles. The fraction of sp³-hybridized carbons (Fsp3) is 0.538. The number of aryl methyl sites for hydroxylation is 1. The molecule has 1 aliphatic heterocycles. The molecule has 2 rings (SSSR count). The number of hydrogen-bond acceptors (Lipinski definition) is 4. The predicted molar refractivity (Wildman–Crippen MR) is 74.0 cm³/mol. The maximum atomic E-state index is 12.3. The van der Waals surface area contributed by atoms with Crippen molar-refractivity contribution in [1.82, 2.24) is 5.32 Å². The number of nitrogens with one attached hydrogen (secondary N) is 1. The SMILES string of the molecule is CCc1ccc2c(c1)S(=O)(=O)CC(CNC)N2C. The highest BCUT2D eigenvalue weighted by molar-refractivity contribution is 7.91. The highest BCUT2D eigenvalue weighted by Crippen LogP contribution is 2.33. The summed E-state index contributed by atoms with van der Waals surface area (Å²) in [5.74, 6) is 0.185. The zero-order valence-corrected chi connectivity index (χ0v) is 11.9. The summed E-state index contributed by atoms with van der Waals surface area (Å²) in [5, 5.41) is 3.05. The van der Waals surface area contributed by atoms with Crippen molar-refractivity contribution in [3.63, 3.8) is 0 Å². The molecule has 0 radical (unpaired) electrons. The molecule has 0 amide bonds. The van der Waals surface area contributed by atoms with Crippen molar-refractivity contribution in [2.24, 2.45) is 0 Å². The van der Waals surface area contributed by atoms with Crippen LogP contribution in [0.15, 0.2) is 23.1 Å². The second kappa shape index (κ2) is 4.90. The van der Waals surface area contributed by atoms with E-state index < -0.39 is 9.84 Å². The van der Waals surface area contributed by atoms with E-state index in [2.05, 4.69) is 10.2 Å². The Labute approximate surface area is 109 Å². The van der Waals surface area contributed by atoms with E-state index in [0.717, 1.165) is 17.7 Å². The number of nitrogens with zero attached hydrogens (tertiary/aromatic N) is 1. The Bertz CT molecular complexity index is 540. The third-order valence-electron chi connectivity index (χ3n) is 3.55. The molecule has 1 aromatic carbocycles. The Balaban J connectivity index is 2.51. The molecule has 0 aliphatic carbocycles. The Morgan fingerprint density at radius 1 is 1.44 bits per heavy atom. The predicted octanol–water partition coefficient (Wildman–Crippen LogP) is 1.06. The molecule has 0 spiro atoms. The largest absolute Gasteiger partial charge is 0.368 e. The van der Waals surface area contributed by atoms with Gasteiger partial charge in [-0.2, -0.15) is 0 Å². The summed E-state index contributed by atoms with van der Waals surface area (Å²) in [7, 11) is 0.642. The summed E-state index contributed by atoms with van der Waals surface area (Å²) in [6, 6.07) is 5.75. The zero-order chi connectivity index (χ0) is 13.3. The van der Waals surface area contributed by atoms with Crippen molar-refractivity contribution in [3.05, 3.63) is 23.8 Å². The topological polar surface area (TPSA) is 49.4 Å². The Kier molecular flexibility index (Phi) is 3.64. The molecule has 4 nitrogen and oxygen atoms in total. The van der Waals surface area contributed by atoms with E-state index >= 15 is 0 Å². The van der Waals surface area contributed by atoms with Gasteiger partial charge in [-0.1, -0.05) is 13.0 Å². The third kappa shape index (κ3) is 2.24. The normalized spacial score (nSPS) is 21.7. The summed E-state index contributed by atoms with van der Waals surface area (Å²) in [5.41, 5.74) is 1.89. The van der Waals surface area contributed by atoms with E-state index in [1.165, 1.54) is 0 Å². The number of benzene rings is 1. The first-order valence-corrected chi connectivity index (χ1v) is 7.88. The molecule has 0 bridgehead atoms. The van der Waals surface area contributed by atoms with Crippen LogP contribution in [0.25, 0.3) is 0 Å². The van der Waals surface area contributed by atoms with Crippen LogP contribution in [0.5, 0.6) is 0 Å². The molecular weight excluding hydrogens is 248 g/mol. The second-order valence-corrected chi connectivity index (χ2v) is 6.76. The van der Waals surface area contributed by atoms with Gasteiger partial charge in [0.2, 0.25) is 0 Å². The van der Waals surface area contributed by atoms with Crippen LogP contribution in [0, 0.1) is 0 Å². The molecule has 1 N–H and O–H groups in total. The van der Waals surface area contributed by atoms with Gasteiger partial charge in [0.15, 0.2) is 9.84 Å². The van der Waals surface area contributed by atoms with E-state index in [4.69, 9.17) is 0 Å². The first-order valence-electron chi connectivity index (χ1n) is 6.22. The molecular formula is C13H20N2O2S. The first kappa shape index (κ1) is 13.4. The fourth-order valence-electron chi connectivity index (χ4n) is 2.40. The van der Waals surface area contributed by atoms with E-state index in [9.17, 15) is 8.42 Å². The zero-order valence-electron chi connectivity index (χ0n) is 11.1. The molecule has 0 saturated heterocycles. The van der Waals surface area contributed by atoms with Crippen molar-refractivity contribution in [1.29, 1.82) is 0 Å². The van der Waals surface area contributed by atoms with Gasteiger partial charge in [-0.25, -0.2) is 8.42 Å². The lowest BCUT2D eigenvalue weighted by Crippen LogP contribution is -2.47. The number of likely N-dealkylation sites (N-methyl/N-ethyl adjacent to an activating group) is 2. The molecule has 1 unspecified atom stereocenters. The van der Waals surface area contributed by atoms with Gasteiger partial charge in [-0.05, 0) is 31.2 Å². The van der Waals surface area contributed by atoms with Gasteiger partial charge in [0, 0.05) is 13.6 Å². The molecule has 0 saturated carbocycles. The molecule has 0 fully saturated rings. The van der Waals surface area contributed by atoms with E-state index in [0.29, 0.717) is 11.4 Å². The van der Waals surface area contributed by atoms with E-state index in [1.807, 2.05) is 39.2 Å². The first-order chi connectivity index (χ1) is 8.49. The lowest BCUT2D eigenvalue weighted by molar-refractivity contribution is 0.560. The van der Waals surface area contributed by atoms with Gasteiger partial charge in [0.25, 0.3) is 0 Å². The van der Waals surface area contributed by atoms with Crippen LogP contribution in [-0.4, -0.2) is 40.9 Å². The highest BCUT2D eigenvalue weighted by atomic mass is 32.2. The smallest absolute Gasteiger partial charge is 0.182 e. The quantitative estimate of drug-likeness (QED) is 0.890. The molecule has 1 aliphatic rings. The minimum atomic E-state index is -3.16. The molecule has 1 aromatic rings. The highest BCUT2D eigenvalue weighted by Gasteiger charge is 2.33. The average Bonchev–Trinajstić information content (AvgIpc) is 2.35. The van der Waals surface area contributed by atoms with Gasteiger partial charge in [0.1, 0.15) is 0 Å². The van der Waals surface area contributed by atoms with Gasteiger partial charge in [-0.3, -0.25) is 0 Å². The average molecular weight is 268 g/mol. The molecule has 5 heteroatoms. The third-order valence-corrected chi connectivity index (χ3v) is 5.37. The number of hydrogen-bond donors (Lipinski definition) is 1. The van der Waals surface area contributed by atoms with E-state index in [1.54, 1.807) is 0 Å². The van der Waals surface area contributed by atoms with Crippen LogP contribution in [0.2, 0.25) is 0 Å². The minimum Gasteiger partial charge on any atom is -0.368 e. The number of anilines is 1.